The molecule has 27 heavy (non-hydrogen) atoms. The molecule has 2 aromatic carbocycles. The molecule has 2 aromatic rings. The van der Waals surface area contributed by atoms with E-state index in [1.54, 1.807) is 54.6 Å². The third kappa shape index (κ3) is 5.55. The summed E-state index contributed by atoms with van der Waals surface area (Å²) in [7, 11) is 1.47. The molecule has 0 heterocycles. The molecule has 0 aliphatic carbocycles. The quantitative estimate of drug-likeness (QED) is 0.401. The summed E-state index contributed by atoms with van der Waals surface area (Å²) >= 11 is 5.04. The molecule has 3 N–H and O–H groups in total. The molecule has 8 heteroatoms. The maximum atomic E-state index is 12.3. The van der Waals surface area contributed by atoms with Gasteiger partial charge in [0.25, 0.3) is 11.8 Å². The van der Waals surface area contributed by atoms with Crippen LogP contribution in [-0.2, 0) is 0 Å². The first kappa shape index (κ1) is 19.9. The lowest BCUT2D eigenvalue weighted by molar-refractivity contribution is 0.0931. The van der Waals surface area contributed by atoms with E-state index in [1.165, 1.54) is 7.11 Å². The number of amides is 2. The summed E-state index contributed by atoms with van der Waals surface area (Å²) in [6, 6.07) is 13.4. The lowest BCUT2D eigenvalue weighted by Gasteiger charge is -2.13. The number of methoxy groups -OCH3 is 1. The minimum Gasteiger partial charge on any atom is -0.496 e. The van der Waals surface area contributed by atoms with Crippen LogP contribution in [0.15, 0.2) is 61.2 Å². The van der Waals surface area contributed by atoms with Gasteiger partial charge in [-0.1, -0.05) is 36.9 Å². The second-order valence-electron chi connectivity index (χ2n) is 5.16. The standard InChI is InChI=1S/C19H19N3O4S/c1-3-12-26-16-11-7-5-9-14(16)18(24)21-22-19(27)20-17(23)13-8-4-6-10-15(13)25-2/h3-11H,1,12H2,2H3,(H,21,24)(H2,20,22,23,27). The van der Waals surface area contributed by atoms with Gasteiger partial charge in [-0.15, -0.1) is 0 Å². The SMILES string of the molecule is C=CCOc1ccccc1C(=O)NNC(=S)NC(=O)c1ccccc1OC. The van der Waals surface area contributed by atoms with Crippen molar-refractivity contribution in [3.8, 4) is 11.5 Å². The molecule has 0 bridgehead atoms. The van der Waals surface area contributed by atoms with E-state index in [0.717, 1.165) is 0 Å². The fourth-order valence-corrected chi connectivity index (χ4v) is 2.29. The molecule has 0 atom stereocenters. The Bertz CT molecular complexity index is 854. The Morgan fingerprint density at radius 3 is 2.22 bits per heavy atom. The first-order chi connectivity index (χ1) is 13.1. The van der Waals surface area contributed by atoms with E-state index in [9.17, 15) is 9.59 Å². The summed E-state index contributed by atoms with van der Waals surface area (Å²) in [4.78, 5) is 24.6. The fraction of sp³-hybridized carbons (Fsp3) is 0.105. The van der Waals surface area contributed by atoms with E-state index in [4.69, 9.17) is 21.7 Å². The number of ether oxygens (including phenoxy) is 2. The van der Waals surface area contributed by atoms with Crippen molar-refractivity contribution in [2.24, 2.45) is 0 Å². The van der Waals surface area contributed by atoms with Gasteiger partial charge in [-0.25, -0.2) is 0 Å². The molecule has 0 saturated heterocycles. The van der Waals surface area contributed by atoms with Crippen LogP contribution in [0.2, 0.25) is 0 Å². The van der Waals surface area contributed by atoms with Crippen LogP contribution in [0.3, 0.4) is 0 Å². The van der Waals surface area contributed by atoms with Crippen molar-refractivity contribution in [2.45, 2.75) is 0 Å². The van der Waals surface area contributed by atoms with Crippen LogP contribution in [-0.4, -0.2) is 30.6 Å². The Balaban J connectivity index is 1.94. The number of carbonyl (C=O) groups is 2. The van der Waals surface area contributed by atoms with Gasteiger partial charge in [0.1, 0.15) is 18.1 Å². The highest BCUT2D eigenvalue weighted by molar-refractivity contribution is 7.80. The number of para-hydroxylation sites is 2. The molecule has 7 nitrogen and oxygen atoms in total. The molecule has 140 valence electrons. The highest BCUT2D eigenvalue weighted by atomic mass is 32.1. The van der Waals surface area contributed by atoms with E-state index < -0.39 is 11.8 Å². The average Bonchev–Trinajstić information content (AvgIpc) is 2.70. The van der Waals surface area contributed by atoms with Crippen LogP contribution in [0.1, 0.15) is 20.7 Å². The molecule has 0 fully saturated rings. The predicted octanol–water partition coefficient (Wildman–Crippen LogP) is 2.21. The van der Waals surface area contributed by atoms with Crippen LogP contribution in [0.4, 0.5) is 0 Å². The van der Waals surface area contributed by atoms with Gasteiger partial charge in [-0.05, 0) is 36.5 Å². The van der Waals surface area contributed by atoms with Crippen molar-refractivity contribution < 1.29 is 19.1 Å². The van der Waals surface area contributed by atoms with Crippen LogP contribution < -0.4 is 25.6 Å². The molecule has 0 spiro atoms. The van der Waals surface area contributed by atoms with Crippen molar-refractivity contribution in [1.29, 1.82) is 0 Å². The number of hydrogen-bond donors (Lipinski definition) is 3. The molecule has 0 aromatic heterocycles. The Morgan fingerprint density at radius 1 is 1.00 bits per heavy atom. The molecule has 2 amide bonds. The van der Waals surface area contributed by atoms with E-state index in [-0.39, 0.29) is 11.7 Å². The average molecular weight is 385 g/mol. The van der Waals surface area contributed by atoms with Gasteiger partial charge >= 0.3 is 0 Å². The number of nitrogens with one attached hydrogen (secondary N) is 3. The molecule has 0 saturated carbocycles. The molecule has 2 rings (SSSR count). The largest absolute Gasteiger partial charge is 0.496 e. The van der Waals surface area contributed by atoms with Gasteiger partial charge in [-0.3, -0.25) is 25.8 Å². The highest BCUT2D eigenvalue weighted by Gasteiger charge is 2.15. The normalized spacial score (nSPS) is 9.67. The minimum atomic E-state index is -0.469. The molecule has 0 aliphatic rings. The van der Waals surface area contributed by atoms with E-state index in [0.29, 0.717) is 22.6 Å². The zero-order valence-electron chi connectivity index (χ0n) is 14.7. The maximum Gasteiger partial charge on any atom is 0.273 e. The molecule has 0 unspecified atom stereocenters. The molecular formula is C19H19N3O4S. The van der Waals surface area contributed by atoms with E-state index in [1.807, 2.05) is 0 Å². The Kier molecular flexibility index (Phi) is 7.33. The number of hydrazine groups is 1. The zero-order valence-corrected chi connectivity index (χ0v) is 15.5. The van der Waals surface area contributed by atoms with Gasteiger partial charge in [0.15, 0.2) is 5.11 Å². The van der Waals surface area contributed by atoms with Gasteiger partial charge < -0.3 is 9.47 Å². The minimum absolute atomic E-state index is 0.0660. The van der Waals surface area contributed by atoms with E-state index in [2.05, 4.69) is 22.7 Å². The number of rotatable bonds is 6. The molecular weight excluding hydrogens is 366 g/mol. The number of carbonyl (C=O) groups excluding carboxylic acids is 2. The summed E-state index contributed by atoms with van der Waals surface area (Å²) in [5.74, 6) is -0.117. The number of benzene rings is 2. The summed E-state index contributed by atoms with van der Waals surface area (Å²) < 4.78 is 10.6. The summed E-state index contributed by atoms with van der Waals surface area (Å²) in [5.41, 5.74) is 5.53. The van der Waals surface area contributed by atoms with Crippen molar-refractivity contribution in [1.82, 2.24) is 16.2 Å². The van der Waals surface area contributed by atoms with Gasteiger partial charge in [0, 0.05) is 0 Å². The molecule has 0 radical (unpaired) electrons. The van der Waals surface area contributed by atoms with Gasteiger partial charge in [0.05, 0.1) is 18.2 Å². The fourth-order valence-electron chi connectivity index (χ4n) is 2.14. The monoisotopic (exact) mass is 385 g/mol. The highest BCUT2D eigenvalue weighted by Crippen LogP contribution is 2.18. The smallest absolute Gasteiger partial charge is 0.273 e. The van der Waals surface area contributed by atoms with Crippen molar-refractivity contribution in [3.63, 3.8) is 0 Å². The second kappa shape index (κ2) is 9.93. The Labute approximate surface area is 162 Å². The van der Waals surface area contributed by atoms with Crippen LogP contribution in [0.5, 0.6) is 11.5 Å². The third-order valence-corrected chi connectivity index (χ3v) is 3.56. The molecule has 0 aliphatic heterocycles. The van der Waals surface area contributed by atoms with Crippen molar-refractivity contribution in [3.05, 3.63) is 72.3 Å². The van der Waals surface area contributed by atoms with Crippen LogP contribution in [0.25, 0.3) is 0 Å². The van der Waals surface area contributed by atoms with Crippen LogP contribution >= 0.6 is 12.2 Å². The number of hydrogen-bond acceptors (Lipinski definition) is 5. The van der Waals surface area contributed by atoms with Gasteiger partial charge in [0.2, 0.25) is 0 Å². The topological polar surface area (TPSA) is 88.7 Å². The Morgan fingerprint density at radius 2 is 1.59 bits per heavy atom. The number of thiocarbonyl (C=S) groups is 1. The first-order valence-corrected chi connectivity index (χ1v) is 8.35. The predicted molar refractivity (Wildman–Crippen MR) is 106 cm³/mol. The zero-order chi connectivity index (χ0) is 19.6. The lowest BCUT2D eigenvalue weighted by atomic mass is 10.2. The summed E-state index contributed by atoms with van der Waals surface area (Å²) in [6.45, 7) is 3.84. The lowest BCUT2D eigenvalue weighted by Crippen LogP contribution is -2.48. The summed E-state index contributed by atoms with van der Waals surface area (Å²) in [5, 5.41) is 2.40. The second-order valence-corrected chi connectivity index (χ2v) is 5.57. The van der Waals surface area contributed by atoms with Gasteiger partial charge in [-0.2, -0.15) is 0 Å². The maximum absolute atomic E-state index is 12.3. The third-order valence-electron chi connectivity index (χ3n) is 3.36. The van der Waals surface area contributed by atoms with Crippen LogP contribution in [0, 0.1) is 0 Å². The summed E-state index contributed by atoms with van der Waals surface area (Å²) in [6.07, 6.45) is 1.58. The first-order valence-electron chi connectivity index (χ1n) is 7.94. The van der Waals surface area contributed by atoms with Crippen molar-refractivity contribution >= 4 is 29.1 Å². The van der Waals surface area contributed by atoms with Crippen molar-refractivity contribution in [2.75, 3.05) is 13.7 Å². The Hall–Kier alpha value is -3.39. The van der Waals surface area contributed by atoms with E-state index >= 15 is 0 Å².